The maximum atomic E-state index is 13.9. The molecule has 2 aromatic carbocycles. The van der Waals surface area contributed by atoms with Crippen LogP contribution in [0.15, 0.2) is 54.6 Å². The zero-order valence-electron chi connectivity index (χ0n) is 17.4. The van der Waals surface area contributed by atoms with Crippen molar-refractivity contribution in [3.8, 4) is 5.75 Å². The predicted octanol–water partition coefficient (Wildman–Crippen LogP) is 7.08. The van der Waals surface area contributed by atoms with Crippen LogP contribution in [0.4, 0.5) is 13.2 Å². The second kappa shape index (κ2) is 9.15. The molecule has 1 aliphatic rings. The lowest BCUT2D eigenvalue weighted by molar-refractivity contribution is -0.137. The van der Waals surface area contributed by atoms with Gasteiger partial charge in [0.25, 0.3) is 0 Å². The molecule has 0 aliphatic heterocycles. The molecule has 0 N–H and O–H groups in total. The van der Waals surface area contributed by atoms with Gasteiger partial charge < -0.3 is 4.52 Å². The molecular formula is C23H28F3O3P. The van der Waals surface area contributed by atoms with E-state index >= 15 is 0 Å². The Morgan fingerprint density at radius 3 is 2.20 bits per heavy atom. The maximum absolute atomic E-state index is 13.9. The monoisotopic (exact) mass is 440 g/mol. The molecule has 1 aliphatic carbocycles. The van der Waals surface area contributed by atoms with Gasteiger partial charge in [0.05, 0.1) is 17.0 Å². The van der Waals surface area contributed by atoms with Crippen LogP contribution in [0.2, 0.25) is 0 Å². The third-order valence-corrected chi connectivity index (χ3v) is 7.65. The molecule has 0 saturated heterocycles. The van der Waals surface area contributed by atoms with Crippen LogP contribution in [0.25, 0.3) is 0 Å². The minimum absolute atomic E-state index is 0.0835. The first-order valence-electron chi connectivity index (χ1n) is 10.3. The predicted molar refractivity (Wildman–Crippen MR) is 112 cm³/mol. The first-order valence-corrected chi connectivity index (χ1v) is 11.8. The zero-order valence-corrected chi connectivity index (χ0v) is 18.3. The smallest absolute Gasteiger partial charge is 0.416 e. The normalized spacial score (nSPS) is 24.4. The molecule has 3 rings (SSSR count). The fraction of sp³-hybridized carbons (Fsp3) is 0.478. The van der Waals surface area contributed by atoms with Crippen LogP contribution in [0, 0.1) is 17.8 Å². The Morgan fingerprint density at radius 2 is 1.63 bits per heavy atom. The molecule has 0 amide bonds. The Kier molecular flexibility index (Phi) is 6.98. The van der Waals surface area contributed by atoms with Gasteiger partial charge in [-0.15, -0.1) is 0 Å². The van der Waals surface area contributed by atoms with Crippen molar-refractivity contribution >= 4 is 12.9 Å². The number of halogens is 3. The van der Waals surface area contributed by atoms with Crippen molar-refractivity contribution in [1.82, 2.24) is 0 Å². The molecule has 30 heavy (non-hydrogen) atoms. The summed E-state index contributed by atoms with van der Waals surface area (Å²) >= 11 is 0. The fourth-order valence-electron chi connectivity index (χ4n) is 4.00. The van der Waals surface area contributed by atoms with Crippen molar-refractivity contribution in [3.05, 3.63) is 60.2 Å². The van der Waals surface area contributed by atoms with E-state index in [9.17, 15) is 17.7 Å². The summed E-state index contributed by atoms with van der Waals surface area (Å²) < 4.78 is 64.6. The van der Waals surface area contributed by atoms with E-state index in [0.29, 0.717) is 17.1 Å². The van der Waals surface area contributed by atoms with Crippen LogP contribution in [0.3, 0.4) is 0 Å². The van der Waals surface area contributed by atoms with Crippen LogP contribution in [-0.4, -0.2) is 6.10 Å². The Labute approximate surface area is 176 Å². The first-order chi connectivity index (χ1) is 14.1. The summed E-state index contributed by atoms with van der Waals surface area (Å²) in [6.07, 6.45) is -1.83. The number of benzene rings is 2. The van der Waals surface area contributed by atoms with Crippen LogP contribution >= 0.6 is 7.60 Å². The van der Waals surface area contributed by atoms with Gasteiger partial charge in [-0.05, 0) is 67.0 Å². The van der Waals surface area contributed by atoms with Gasteiger partial charge in [0.2, 0.25) is 0 Å². The SMILES string of the molecule is CC(C)[C@@H]1CC[C@@H](C)C[C@H]1O[P@@](=O)(Oc1ccc(C(F)(F)F)cc1)c1ccccc1. The van der Waals surface area contributed by atoms with E-state index in [-0.39, 0.29) is 17.8 Å². The Hall–Kier alpha value is -1.78. The average molecular weight is 440 g/mol. The summed E-state index contributed by atoms with van der Waals surface area (Å²) in [7, 11) is -3.80. The Balaban J connectivity index is 1.91. The highest BCUT2D eigenvalue weighted by molar-refractivity contribution is 7.62. The van der Waals surface area contributed by atoms with Crippen LogP contribution in [0.5, 0.6) is 5.75 Å². The molecule has 0 radical (unpaired) electrons. The Bertz CT molecular complexity index is 866. The van der Waals surface area contributed by atoms with Gasteiger partial charge in [0, 0.05) is 0 Å². The zero-order chi connectivity index (χ0) is 21.9. The third kappa shape index (κ3) is 5.47. The van der Waals surface area contributed by atoms with Crippen molar-refractivity contribution < 1.29 is 26.8 Å². The van der Waals surface area contributed by atoms with Gasteiger partial charge in [0.15, 0.2) is 0 Å². The largest absolute Gasteiger partial charge is 0.421 e. The van der Waals surface area contributed by atoms with Gasteiger partial charge in [-0.3, -0.25) is 4.52 Å². The summed E-state index contributed by atoms with van der Waals surface area (Å²) in [5, 5.41) is 0.394. The van der Waals surface area contributed by atoms with Crippen molar-refractivity contribution in [2.24, 2.45) is 17.8 Å². The summed E-state index contributed by atoms with van der Waals surface area (Å²) in [5.41, 5.74) is -0.786. The van der Waals surface area contributed by atoms with E-state index in [1.807, 2.05) is 0 Å². The van der Waals surface area contributed by atoms with Crippen LogP contribution in [-0.2, 0) is 15.3 Å². The molecular weight excluding hydrogens is 412 g/mol. The number of hydrogen-bond donors (Lipinski definition) is 0. The quantitative estimate of drug-likeness (QED) is 0.450. The minimum atomic E-state index is -4.44. The fourth-order valence-corrected chi connectivity index (χ4v) is 5.81. The highest BCUT2D eigenvalue weighted by Gasteiger charge is 2.40. The van der Waals surface area contributed by atoms with Gasteiger partial charge in [-0.25, -0.2) is 4.57 Å². The second-order valence-electron chi connectivity index (χ2n) is 8.42. The lowest BCUT2D eigenvalue weighted by Crippen LogP contribution is -2.35. The molecule has 7 heteroatoms. The maximum Gasteiger partial charge on any atom is 0.416 e. The van der Waals surface area contributed by atoms with E-state index in [1.165, 1.54) is 12.1 Å². The molecule has 4 atom stereocenters. The van der Waals surface area contributed by atoms with E-state index in [1.54, 1.807) is 30.3 Å². The van der Waals surface area contributed by atoms with Gasteiger partial charge in [-0.2, -0.15) is 13.2 Å². The van der Waals surface area contributed by atoms with Crippen molar-refractivity contribution in [2.75, 3.05) is 0 Å². The molecule has 0 heterocycles. The molecule has 3 nitrogen and oxygen atoms in total. The summed E-state index contributed by atoms with van der Waals surface area (Å²) in [4.78, 5) is 0. The Morgan fingerprint density at radius 1 is 1.00 bits per heavy atom. The highest BCUT2D eigenvalue weighted by atomic mass is 31.2. The summed E-state index contributed by atoms with van der Waals surface area (Å²) in [6, 6.07) is 12.8. The van der Waals surface area contributed by atoms with E-state index in [4.69, 9.17) is 9.05 Å². The highest BCUT2D eigenvalue weighted by Crippen LogP contribution is 2.52. The molecule has 1 saturated carbocycles. The molecule has 1 fully saturated rings. The van der Waals surface area contributed by atoms with E-state index in [0.717, 1.165) is 31.4 Å². The molecule has 0 unspecified atom stereocenters. The van der Waals surface area contributed by atoms with Crippen LogP contribution in [0.1, 0.15) is 45.6 Å². The lowest BCUT2D eigenvalue weighted by atomic mass is 9.75. The minimum Gasteiger partial charge on any atom is -0.421 e. The third-order valence-electron chi connectivity index (χ3n) is 5.72. The van der Waals surface area contributed by atoms with Crippen molar-refractivity contribution in [1.29, 1.82) is 0 Å². The lowest BCUT2D eigenvalue weighted by Gasteiger charge is -2.38. The average Bonchev–Trinajstić information content (AvgIpc) is 2.68. The number of hydrogen-bond acceptors (Lipinski definition) is 3. The van der Waals surface area contributed by atoms with Crippen molar-refractivity contribution in [3.63, 3.8) is 0 Å². The van der Waals surface area contributed by atoms with Gasteiger partial charge >= 0.3 is 13.8 Å². The number of alkyl halides is 3. The molecule has 0 aromatic heterocycles. The molecule has 0 bridgehead atoms. The van der Waals surface area contributed by atoms with E-state index in [2.05, 4.69) is 20.8 Å². The van der Waals surface area contributed by atoms with Gasteiger partial charge in [0.1, 0.15) is 5.75 Å². The standard InChI is InChI=1S/C23H28F3O3P/c1-16(2)21-14-9-17(3)15-22(21)29-30(27,20-7-5-4-6-8-20)28-19-12-10-18(11-13-19)23(24,25)26/h4-8,10-13,16-17,21-22H,9,14-15H2,1-3H3/t17-,21+,22-,30+/m1/s1. The number of rotatable bonds is 6. The molecule has 164 valence electrons. The summed E-state index contributed by atoms with van der Waals surface area (Å²) in [6.45, 7) is 6.40. The summed E-state index contributed by atoms with van der Waals surface area (Å²) in [5.74, 6) is 1.13. The van der Waals surface area contributed by atoms with E-state index < -0.39 is 19.3 Å². The van der Waals surface area contributed by atoms with Crippen LogP contribution < -0.4 is 9.83 Å². The second-order valence-corrected chi connectivity index (χ2v) is 10.3. The first kappa shape index (κ1) is 22.9. The topological polar surface area (TPSA) is 35.5 Å². The molecule has 0 spiro atoms. The van der Waals surface area contributed by atoms with Gasteiger partial charge in [-0.1, -0.05) is 45.4 Å². The van der Waals surface area contributed by atoms with Crippen molar-refractivity contribution in [2.45, 2.75) is 52.3 Å². The molecule has 2 aromatic rings.